The van der Waals surface area contributed by atoms with E-state index in [0.717, 1.165) is 30.8 Å². The van der Waals surface area contributed by atoms with E-state index in [9.17, 15) is 4.79 Å². The number of likely N-dealkylation sites (N-methyl/N-ethyl adjacent to an activating group) is 1. The number of rotatable bonds is 5. The number of nitrogens with zero attached hydrogens (tertiary/aromatic N) is 2. The fraction of sp³-hybridized carbons (Fsp3) is 0.650. The van der Waals surface area contributed by atoms with Crippen LogP contribution < -0.4 is 10.2 Å². The highest BCUT2D eigenvalue weighted by Crippen LogP contribution is 2.36. The van der Waals surface area contributed by atoms with Crippen molar-refractivity contribution in [3.05, 3.63) is 24.3 Å². The minimum atomic E-state index is -0.360. The molecule has 2 aliphatic heterocycles. The van der Waals surface area contributed by atoms with Crippen molar-refractivity contribution < 1.29 is 18.8 Å². The maximum Gasteiger partial charge on any atom is 0.494 e. The molecular weight excluding hydrogens is 343 g/mol. The van der Waals surface area contributed by atoms with E-state index < -0.39 is 0 Å². The second kappa shape index (κ2) is 7.45. The van der Waals surface area contributed by atoms with E-state index in [1.54, 1.807) is 4.90 Å². The maximum atomic E-state index is 12.0. The highest BCUT2D eigenvalue weighted by atomic mass is 16.7. The summed E-state index contributed by atoms with van der Waals surface area (Å²) in [6, 6.07) is 7.77. The number of amides is 1. The normalized spacial score (nSPS) is 25.1. The summed E-state index contributed by atoms with van der Waals surface area (Å²) >= 11 is 0. The van der Waals surface area contributed by atoms with Crippen molar-refractivity contribution in [1.82, 2.24) is 9.80 Å². The molecule has 1 amide bonds. The number of benzene rings is 1. The van der Waals surface area contributed by atoms with E-state index in [1.807, 2.05) is 38.2 Å². The van der Waals surface area contributed by atoms with Crippen LogP contribution in [0.15, 0.2) is 24.3 Å². The van der Waals surface area contributed by atoms with Crippen LogP contribution in [0.3, 0.4) is 0 Å². The fourth-order valence-electron chi connectivity index (χ4n) is 3.34. The standard InChI is InChI=1S/C20H31BN2O4/c1-15-18(24)22(6)11-12-23(15)13-14-25-17-9-7-16(8-10-17)21-26-19(2,3)20(4,5)27-21/h7-10,15H,11-14H2,1-6H3/t15-/m1/s1. The van der Waals surface area contributed by atoms with Crippen LogP contribution in [0.25, 0.3) is 0 Å². The van der Waals surface area contributed by atoms with Crippen LogP contribution in [0.1, 0.15) is 34.6 Å². The summed E-state index contributed by atoms with van der Waals surface area (Å²) in [6.45, 7) is 13.1. The lowest BCUT2D eigenvalue weighted by molar-refractivity contribution is -0.139. The SMILES string of the molecule is C[C@@H]1C(=O)N(C)CCN1CCOc1ccc(B2OC(C)(C)C(C)(C)O2)cc1. The number of piperazine rings is 1. The van der Waals surface area contributed by atoms with Gasteiger partial charge in [0.05, 0.1) is 17.2 Å². The summed E-state index contributed by atoms with van der Waals surface area (Å²) in [5.74, 6) is 0.983. The first-order valence-electron chi connectivity index (χ1n) is 9.68. The zero-order chi connectivity index (χ0) is 19.8. The third kappa shape index (κ3) is 4.15. The Morgan fingerprint density at radius 3 is 2.30 bits per heavy atom. The molecule has 1 aromatic rings. The second-order valence-corrected chi connectivity index (χ2v) is 8.48. The second-order valence-electron chi connectivity index (χ2n) is 8.48. The number of carbonyl (C=O) groups excluding carboxylic acids is 1. The van der Waals surface area contributed by atoms with Crippen molar-refractivity contribution in [2.75, 3.05) is 33.3 Å². The van der Waals surface area contributed by atoms with Crippen molar-refractivity contribution in [2.45, 2.75) is 51.9 Å². The molecular formula is C20H31BN2O4. The minimum absolute atomic E-state index is 0.0851. The molecule has 1 atom stereocenters. The molecule has 0 radical (unpaired) electrons. The molecule has 0 bridgehead atoms. The van der Waals surface area contributed by atoms with Crippen LogP contribution >= 0.6 is 0 Å². The van der Waals surface area contributed by atoms with Crippen molar-refractivity contribution in [1.29, 1.82) is 0 Å². The number of hydrogen-bond donors (Lipinski definition) is 0. The molecule has 6 nitrogen and oxygen atoms in total. The molecule has 2 saturated heterocycles. The van der Waals surface area contributed by atoms with Gasteiger partial charge in [0, 0.05) is 26.7 Å². The minimum Gasteiger partial charge on any atom is -0.492 e. The van der Waals surface area contributed by atoms with Crippen LogP contribution in [-0.4, -0.2) is 73.4 Å². The zero-order valence-electron chi connectivity index (χ0n) is 17.3. The molecule has 0 aliphatic carbocycles. The van der Waals surface area contributed by atoms with Crippen molar-refractivity contribution >= 4 is 18.5 Å². The van der Waals surface area contributed by atoms with Crippen LogP contribution in [0.5, 0.6) is 5.75 Å². The van der Waals surface area contributed by atoms with Gasteiger partial charge in [-0.2, -0.15) is 0 Å². The lowest BCUT2D eigenvalue weighted by Crippen LogP contribution is -2.55. The zero-order valence-corrected chi connectivity index (χ0v) is 17.3. The highest BCUT2D eigenvalue weighted by molar-refractivity contribution is 6.62. The van der Waals surface area contributed by atoms with E-state index >= 15 is 0 Å². The summed E-state index contributed by atoms with van der Waals surface area (Å²) in [5.41, 5.74) is 0.298. The predicted molar refractivity (Wildman–Crippen MR) is 106 cm³/mol. The van der Waals surface area contributed by atoms with Gasteiger partial charge in [0.15, 0.2) is 0 Å². The van der Waals surface area contributed by atoms with E-state index in [-0.39, 0.29) is 30.3 Å². The maximum absolute atomic E-state index is 12.0. The molecule has 3 rings (SSSR count). The third-order valence-electron chi connectivity index (χ3n) is 6.06. The Morgan fingerprint density at radius 2 is 1.70 bits per heavy atom. The van der Waals surface area contributed by atoms with Crippen LogP contribution in [0.4, 0.5) is 0 Å². The van der Waals surface area contributed by atoms with Crippen LogP contribution in [-0.2, 0) is 14.1 Å². The van der Waals surface area contributed by atoms with Gasteiger partial charge in [-0.15, -0.1) is 0 Å². The largest absolute Gasteiger partial charge is 0.494 e. The molecule has 0 unspecified atom stereocenters. The van der Waals surface area contributed by atoms with Gasteiger partial charge in [-0.05, 0) is 52.2 Å². The molecule has 2 fully saturated rings. The Morgan fingerprint density at radius 1 is 1.11 bits per heavy atom. The molecule has 1 aromatic carbocycles. The van der Waals surface area contributed by atoms with Gasteiger partial charge in [0.1, 0.15) is 12.4 Å². The Labute approximate surface area is 162 Å². The molecule has 27 heavy (non-hydrogen) atoms. The predicted octanol–water partition coefficient (Wildman–Crippen LogP) is 1.53. The topological polar surface area (TPSA) is 51.2 Å². The Bertz CT molecular complexity index is 661. The lowest BCUT2D eigenvalue weighted by Gasteiger charge is -2.37. The molecule has 0 spiro atoms. The van der Waals surface area contributed by atoms with Gasteiger partial charge < -0.3 is 18.9 Å². The summed E-state index contributed by atoms with van der Waals surface area (Å²) in [5, 5.41) is 0. The van der Waals surface area contributed by atoms with Crippen molar-refractivity contribution in [3.8, 4) is 5.75 Å². The van der Waals surface area contributed by atoms with Gasteiger partial charge in [-0.25, -0.2) is 0 Å². The summed E-state index contributed by atoms with van der Waals surface area (Å²) in [6.07, 6.45) is 0. The summed E-state index contributed by atoms with van der Waals surface area (Å²) in [7, 11) is 1.50. The van der Waals surface area contributed by atoms with Gasteiger partial charge in [-0.3, -0.25) is 9.69 Å². The summed E-state index contributed by atoms with van der Waals surface area (Å²) < 4.78 is 18.0. The van der Waals surface area contributed by atoms with E-state index in [4.69, 9.17) is 14.0 Å². The Kier molecular flexibility index (Phi) is 5.57. The first kappa shape index (κ1) is 20.2. The van der Waals surface area contributed by atoms with Crippen molar-refractivity contribution in [2.24, 2.45) is 0 Å². The first-order chi connectivity index (χ1) is 12.6. The van der Waals surface area contributed by atoms with Gasteiger partial charge in [-0.1, -0.05) is 12.1 Å². The molecule has 148 valence electrons. The monoisotopic (exact) mass is 374 g/mol. The lowest BCUT2D eigenvalue weighted by atomic mass is 9.79. The summed E-state index contributed by atoms with van der Waals surface area (Å²) in [4.78, 5) is 16.0. The van der Waals surface area contributed by atoms with E-state index in [1.165, 1.54) is 0 Å². The van der Waals surface area contributed by atoms with Crippen molar-refractivity contribution in [3.63, 3.8) is 0 Å². The molecule has 0 aromatic heterocycles. The van der Waals surface area contributed by atoms with Crippen LogP contribution in [0.2, 0.25) is 0 Å². The quantitative estimate of drug-likeness (QED) is 0.732. The highest BCUT2D eigenvalue weighted by Gasteiger charge is 2.51. The molecule has 7 heteroatoms. The average Bonchev–Trinajstić information content (AvgIpc) is 2.83. The van der Waals surface area contributed by atoms with Gasteiger partial charge >= 0.3 is 7.12 Å². The third-order valence-corrected chi connectivity index (χ3v) is 6.06. The number of ether oxygens (including phenoxy) is 1. The van der Waals surface area contributed by atoms with E-state index in [0.29, 0.717) is 6.61 Å². The average molecular weight is 374 g/mol. The molecule has 2 aliphatic rings. The van der Waals surface area contributed by atoms with E-state index in [2.05, 4.69) is 32.6 Å². The number of hydrogen-bond acceptors (Lipinski definition) is 5. The van der Waals surface area contributed by atoms with Gasteiger partial charge in [0.25, 0.3) is 0 Å². The molecule has 2 heterocycles. The Balaban J connectivity index is 1.51. The number of carbonyl (C=O) groups is 1. The fourth-order valence-corrected chi connectivity index (χ4v) is 3.34. The smallest absolute Gasteiger partial charge is 0.492 e. The van der Waals surface area contributed by atoms with Crippen LogP contribution in [0, 0.1) is 0 Å². The Hall–Kier alpha value is -1.57. The molecule has 0 N–H and O–H groups in total. The molecule has 0 saturated carbocycles. The first-order valence-corrected chi connectivity index (χ1v) is 9.68. The van der Waals surface area contributed by atoms with Gasteiger partial charge in [0.2, 0.25) is 5.91 Å².